The predicted molar refractivity (Wildman–Crippen MR) is 56.4 cm³/mol. The zero-order valence-corrected chi connectivity index (χ0v) is 8.49. The smallest absolute Gasteiger partial charge is 0.119 e. The molecule has 0 unspecified atom stereocenters. The van der Waals surface area contributed by atoms with E-state index in [2.05, 4.69) is 13.8 Å². The fourth-order valence-electron chi connectivity index (χ4n) is 0.929. The third-order valence-electron chi connectivity index (χ3n) is 1.71. The summed E-state index contributed by atoms with van der Waals surface area (Å²) in [5.74, 6) is 1.69. The molecule has 0 heterocycles. The van der Waals surface area contributed by atoms with Crippen molar-refractivity contribution in [1.29, 1.82) is 0 Å². The zero-order valence-electron chi connectivity index (χ0n) is 8.49. The first-order valence-electron chi connectivity index (χ1n) is 4.47. The highest BCUT2D eigenvalue weighted by atomic mass is 16.5. The van der Waals surface area contributed by atoms with Crippen molar-refractivity contribution in [1.82, 2.24) is 6.15 Å². The standard InChI is InChI=1S/C11H16O.H3N/c1-10(2)8-9-12-11-6-4-3-5-7-11;/h3-7,10H,8-9H2,1-2H3;1H3. The van der Waals surface area contributed by atoms with Gasteiger partial charge in [0.1, 0.15) is 5.75 Å². The maximum absolute atomic E-state index is 5.52. The molecule has 0 aliphatic heterocycles. The number of hydrogen-bond acceptors (Lipinski definition) is 2. The average Bonchev–Trinajstić information content (AvgIpc) is 2.05. The number of para-hydroxylation sites is 1. The van der Waals surface area contributed by atoms with Crippen molar-refractivity contribution >= 4 is 0 Å². The molecular formula is C11H19NO. The van der Waals surface area contributed by atoms with Crippen LogP contribution in [0.5, 0.6) is 5.75 Å². The molecule has 13 heavy (non-hydrogen) atoms. The molecule has 1 rings (SSSR count). The summed E-state index contributed by atoms with van der Waals surface area (Å²) in [6.45, 7) is 5.23. The number of rotatable bonds is 4. The van der Waals surface area contributed by atoms with Crippen LogP contribution in [0.1, 0.15) is 20.3 Å². The van der Waals surface area contributed by atoms with Gasteiger partial charge in [-0.2, -0.15) is 0 Å². The Morgan fingerprint density at radius 2 is 1.77 bits per heavy atom. The summed E-state index contributed by atoms with van der Waals surface area (Å²) in [5.41, 5.74) is 0. The van der Waals surface area contributed by atoms with Crippen LogP contribution < -0.4 is 10.9 Å². The van der Waals surface area contributed by atoms with Gasteiger partial charge >= 0.3 is 0 Å². The molecule has 0 fully saturated rings. The summed E-state index contributed by atoms with van der Waals surface area (Å²) in [6, 6.07) is 9.95. The predicted octanol–water partition coefficient (Wildman–Crippen LogP) is 3.27. The summed E-state index contributed by atoms with van der Waals surface area (Å²) in [5, 5.41) is 0. The largest absolute Gasteiger partial charge is 0.494 e. The van der Waals surface area contributed by atoms with Crippen LogP contribution in [0.2, 0.25) is 0 Å². The quantitative estimate of drug-likeness (QED) is 0.774. The SMILES string of the molecule is CC(C)CCOc1ccccc1.N. The Kier molecular flexibility index (Phi) is 5.98. The van der Waals surface area contributed by atoms with Crippen molar-refractivity contribution in [2.45, 2.75) is 20.3 Å². The Morgan fingerprint density at radius 1 is 1.15 bits per heavy atom. The fourth-order valence-corrected chi connectivity index (χ4v) is 0.929. The van der Waals surface area contributed by atoms with Crippen LogP contribution >= 0.6 is 0 Å². The van der Waals surface area contributed by atoms with Crippen LogP contribution in [-0.4, -0.2) is 6.61 Å². The van der Waals surface area contributed by atoms with Gasteiger partial charge < -0.3 is 10.9 Å². The molecule has 0 bridgehead atoms. The van der Waals surface area contributed by atoms with E-state index < -0.39 is 0 Å². The third-order valence-corrected chi connectivity index (χ3v) is 1.71. The minimum absolute atomic E-state index is 0. The molecule has 74 valence electrons. The maximum Gasteiger partial charge on any atom is 0.119 e. The van der Waals surface area contributed by atoms with E-state index in [-0.39, 0.29) is 6.15 Å². The van der Waals surface area contributed by atoms with Gasteiger partial charge in [0.05, 0.1) is 6.61 Å². The number of ether oxygens (including phenoxy) is 1. The second kappa shape index (κ2) is 6.49. The molecular weight excluding hydrogens is 162 g/mol. The van der Waals surface area contributed by atoms with Crippen molar-refractivity contribution < 1.29 is 4.74 Å². The minimum atomic E-state index is 0. The van der Waals surface area contributed by atoms with Crippen LogP contribution in [0.3, 0.4) is 0 Å². The van der Waals surface area contributed by atoms with Crippen LogP contribution in [0, 0.1) is 5.92 Å². The Morgan fingerprint density at radius 3 is 2.31 bits per heavy atom. The highest BCUT2D eigenvalue weighted by molar-refractivity contribution is 5.20. The molecule has 2 nitrogen and oxygen atoms in total. The number of benzene rings is 1. The summed E-state index contributed by atoms with van der Waals surface area (Å²) < 4.78 is 5.52. The van der Waals surface area contributed by atoms with Gasteiger partial charge in [-0.05, 0) is 24.5 Å². The fraction of sp³-hybridized carbons (Fsp3) is 0.455. The Balaban J connectivity index is 0.00000144. The Hall–Kier alpha value is -1.02. The highest BCUT2D eigenvalue weighted by Gasteiger charge is 1.94. The molecule has 0 aromatic heterocycles. The van der Waals surface area contributed by atoms with Gasteiger partial charge in [0.15, 0.2) is 0 Å². The highest BCUT2D eigenvalue weighted by Crippen LogP contribution is 2.09. The molecule has 0 saturated carbocycles. The maximum atomic E-state index is 5.52. The normalized spacial score (nSPS) is 9.46. The molecule has 1 aromatic carbocycles. The molecule has 0 saturated heterocycles. The first-order valence-corrected chi connectivity index (χ1v) is 4.47. The Bertz CT molecular complexity index is 209. The average molecular weight is 181 g/mol. The molecule has 1 aromatic rings. The lowest BCUT2D eigenvalue weighted by molar-refractivity contribution is 0.289. The van der Waals surface area contributed by atoms with E-state index in [9.17, 15) is 0 Å². The summed E-state index contributed by atoms with van der Waals surface area (Å²) in [7, 11) is 0. The van der Waals surface area contributed by atoms with Gasteiger partial charge in [-0.3, -0.25) is 0 Å². The van der Waals surface area contributed by atoms with Gasteiger partial charge in [0, 0.05) is 0 Å². The zero-order chi connectivity index (χ0) is 8.81. The van der Waals surface area contributed by atoms with E-state index in [0.29, 0.717) is 5.92 Å². The van der Waals surface area contributed by atoms with Gasteiger partial charge in [0.25, 0.3) is 0 Å². The first-order chi connectivity index (χ1) is 5.79. The molecule has 0 amide bonds. The summed E-state index contributed by atoms with van der Waals surface area (Å²) in [4.78, 5) is 0. The second-order valence-corrected chi connectivity index (χ2v) is 3.34. The van der Waals surface area contributed by atoms with E-state index in [1.807, 2.05) is 30.3 Å². The van der Waals surface area contributed by atoms with Crippen LogP contribution in [0.4, 0.5) is 0 Å². The van der Waals surface area contributed by atoms with E-state index in [0.717, 1.165) is 18.8 Å². The van der Waals surface area contributed by atoms with E-state index >= 15 is 0 Å². The van der Waals surface area contributed by atoms with E-state index in [1.165, 1.54) is 0 Å². The molecule has 0 atom stereocenters. The van der Waals surface area contributed by atoms with Crippen LogP contribution in [0.15, 0.2) is 30.3 Å². The van der Waals surface area contributed by atoms with Gasteiger partial charge in [-0.1, -0.05) is 32.0 Å². The van der Waals surface area contributed by atoms with Crippen LogP contribution in [-0.2, 0) is 0 Å². The van der Waals surface area contributed by atoms with E-state index in [4.69, 9.17) is 4.74 Å². The second-order valence-electron chi connectivity index (χ2n) is 3.34. The topological polar surface area (TPSA) is 44.2 Å². The van der Waals surface area contributed by atoms with Crippen molar-refractivity contribution in [2.24, 2.45) is 5.92 Å². The summed E-state index contributed by atoms with van der Waals surface area (Å²) >= 11 is 0. The molecule has 0 radical (unpaired) electrons. The van der Waals surface area contributed by atoms with Crippen LogP contribution in [0.25, 0.3) is 0 Å². The Labute approximate surface area is 80.5 Å². The van der Waals surface area contributed by atoms with Crippen molar-refractivity contribution in [3.05, 3.63) is 30.3 Å². The summed E-state index contributed by atoms with van der Waals surface area (Å²) in [6.07, 6.45) is 1.12. The monoisotopic (exact) mass is 181 g/mol. The molecule has 0 aliphatic carbocycles. The van der Waals surface area contributed by atoms with Crippen molar-refractivity contribution in [3.8, 4) is 5.75 Å². The first kappa shape index (κ1) is 12.0. The van der Waals surface area contributed by atoms with Gasteiger partial charge in [0.2, 0.25) is 0 Å². The third kappa shape index (κ3) is 5.26. The van der Waals surface area contributed by atoms with Crippen molar-refractivity contribution in [2.75, 3.05) is 6.61 Å². The lowest BCUT2D eigenvalue weighted by Crippen LogP contribution is -2.00. The molecule has 3 N–H and O–H groups in total. The van der Waals surface area contributed by atoms with Gasteiger partial charge in [-0.25, -0.2) is 0 Å². The lowest BCUT2D eigenvalue weighted by atomic mass is 10.1. The number of hydrogen-bond donors (Lipinski definition) is 1. The van der Waals surface area contributed by atoms with Gasteiger partial charge in [-0.15, -0.1) is 0 Å². The minimum Gasteiger partial charge on any atom is -0.494 e. The lowest BCUT2D eigenvalue weighted by Gasteiger charge is -2.07. The molecule has 0 spiro atoms. The molecule has 2 heteroatoms. The van der Waals surface area contributed by atoms with Crippen molar-refractivity contribution in [3.63, 3.8) is 0 Å². The van der Waals surface area contributed by atoms with E-state index in [1.54, 1.807) is 0 Å². The molecule has 0 aliphatic rings.